The Morgan fingerprint density at radius 3 is 2.74 bits per heavy atom. The summed E-state index contributed by atoms with van der Waals surface area (Å²) in [6, 6.07) is 3.77. The first-order chi connectivity index (χ1) is 15.0. The number of hydrogen-bond acceptors (Lipinski definition) is 9. The summed E-state index contributed by atoms with van der Waals surface area (Å²) in [7, 11) is 0. The number of nitrogens with one attached hydrogen (secondary N) is 1. The van der Waals surface area contributed by atoms with Crippen molar-refractivity contribution >= 4 is 38.7 Å². The van der Waals surface area contributed by atoms with Crippen molar-refractivity contribution in [3.05, 3.63) is 35.5 Å². The molecule has 5 atom stereocenters. The number of nitrogens with zero attached hydrogens (tertiary/aromatic N) is 6. The maximum absolute atomic E-state index is 10.5. The van der Waals surface area contributed by atoms with E-state index in [4.69, 9.17) is 0 Å². The lowest BCUT2D eigenvalue weighted by Gasteiger charge is -2.19. The van der Waals surface area contributed by atoms with E-state index < -0.39 is 18.2 Å². The van der Waals surface area contributed by atoms with Crippen LogP contribution in [0.25, 0.3) is 11.2 Å². The van der Waals surface area contributed by atoms with Crippen LogP contribution < -0.4 is 10.2 Å². The van der Waals surface area contributed by atoms with Crippen LogP contribution >= 0.6 is 15.9 Å². The van der Waals surface area contributed by atoms with Crippen LogP contribution in [0, 0.1) is 5.92 Å². The van der Waals surface area contributed by atoms with Crippen molar-refractivity contribution in [2.24, 2.45) is 5.92 Å². The van der Waals surface area contributed by atoms with Crippen molar-refractivity contribution in [2.45, 2.75) is 37.1 Å². The molecular weight excluding hydrogens is 466 g/mol. The van der Waals surface area contributed by atoms with Gasteiger partial charge in [0, 0.05) is 42.3 Å². The molecule has 2 aliphatic rings. The molecule has 0 amide bonds. The van der Waals surface area contributed by atoms with Gasteiger partial charge in [0.2, 0.25) is 0 Å². The van der Waals surface area contributed by atoms with Gasteiger partial charge in [-0.05, 0) is 40.9 Å². The van der Waals surface area contributed by atoms with Crippen molar-refractivity contribution in [2.75, 3.05) is 29.9 Å². The summed E-state index contributed by atoms with van der Waals surface area (Å²) < 4.78 is 2.73. The van der Waals surface area contributed by atoms with Gasteiger partial charge in [-0.2, -0.15) is 0 Å². The van der Waals surface area contributed by atoms with Crippen LogP contribution in [0.1, 0.15) is 18.9 Å². The zero-order chi connectivity index (χ0) is 21.5. The average molecular weight is 490 g/mol. The predicted octanol–water partition coefficient (Wildman–Crippen LogP) is 0.950. The number of pyridine rings is 1. The fourth-order valence-electron chi connectivity index (χ4n) is 4.59. The number of hydrogen-bond donors (Lipinski definition) is 4. The number of aromatic nitrogens is 5. The molecule has 5 rings (SSSR count). The number of imidazole rings is 1. The van der Waals surface area contributed by atoms with Crippen molar-refractivity contribution in [3.8, 4) is 0 Å². The summed E-state index contributed by atoms with van der Waals surface area (Å²) in [5.41, 5.74) is 1.22. The van der Waals surface area contributed by atoms with E-state index in [-0.39, 0.29) is 18.6 Å². The molecule has 11 heteroatoms. The number of fused-ring (bicyclic) bond motifs is 1. The third-order valence-electron chi connectivity index (χ3n) is 6.29. The molecule has 0 bridgehead atoms. The maximum Gasteiger partial charge on any atom is 0.165 e. The van der Waals surface area contributed by atoms with Gasteiger partial charge >= 0.3 is 0 Å². The lowest BCUT2D eigenvalue weighted by Crippen LogP contribution is -2.30. The molecule has 0 aromatic carbocycles. The summed E-state index contributed by atoms with van der Waals surface area (Å²) >= 11 is 3.42. The highest BCUT2D eigenvalue weighted by Gasteiger charge is 2.42. The van der Waals surface area contributed by atoms with E-state index in [1.165, 1.54) is 6.33 Å². The van der Waals surface area contributed by atoms with Gasteiger partial charge in [-0.15, -0.1) is 0 Å². The summed E-state index contributed by atoms with van der Waals surface area (Å²) in [6.07, 6.45) is 4.34. The quantitative estimate of drug-likeness (QED) is 0.413. The van der Waals surface area contributed by atoms with Crippen molar-refractivity contribution in [1.29, 1.82) is 0 Å². The first-order valence-corrected chi connectivity index (χ1v) is 11.1. The van der Waals surface area contributed by atoms with Gasteiger partial charge in [0.25, 0.3) is 0 Å². The number of aliphatic hydroxyl groups excluding tert-OH is 3. The second-order valence-electron chi connectivity index (χ2n) is 8.18. The topological polar surface area (TPSA) is 132 Å². The molecule has 164 valence electrons. The molecule has 10 nitrogen and oxygen atoms in total. The van der Waals surface area contributed by atoms with E-state index in [0.717, 1.165) is 29.8 Å². The molecule has 3 aromatic rings. The SMILES string of the molecule is OCC1C[C@@H](n2cnc3c(N[C@H]4CCN(c5ccc(Br)cn5)C4)ncnc32)[C@H](O)C1O. The van der Waals surface area contributed by atoms with Crippen molar-refractivity contribution in [1.82, 2.24) is 24.5 Å². The Morgan fingerprint density at radius 1 is 1.13 bits per heavy atom. The molecule has 4 heterocycles. The van der Waals surface area contributed by atoms with E-state index in [9.17, 15) is 15.3 Å². The summed E-state index contributed by atoms with van der Waals surface area (Å²) in [6.45, 7) is 1.52. The number of rotatable bonds is 5. The molecule has 2 unspecified atom stereocenters. The van der Waals surface area contributed by atoms with Crippen LogP contribution in [0.4, 0.5) is 11.6 Å². The largest absolute Gasteiger partial charge is 0.396 e. The van der Waals surface area contributed by atoms with Crippen LogP contribution in [0.3, 0.4) is 0 Å². The van der Waals surface area contributed by atoms with Gasteiger partial charge in [-0.25, -0.2) is 19.9 Å². The molecule has 2 fully saturated rings. The standard InChI is InChI=1S/C20H24BrN7O3/c21-12-1-2-15(22-6-12)27-4-3-13(7-27)26-19-16-20(24-9-23-19)28(10-25-16)14-5-11(8-29)17(30)18(14)31/h1-2,6,9-11,13-14,17-18,29-31H,3-5,7-8H2,(H,23,24,26)/t11?,13-,14+,17?,18-/m0/s1. The maximum atomic E-state index is 10.5. The summed E-state index contributed by atoms with van der Waals surface area (Å²) in [4.78, 5) is 20.0. The molecule has 4 N–H and O–H groups in total. The van der Waals surface area contributed by atoms with Gasteiger partial charge in [0.05, 0.1) is 18.5 Å². The number of anilines is 2. The molecule has 1 aliphatic heterocycles. The van der Waals surface area contributed by atoms with Crippen molar-refractivity contribution in [3.63, 3.8) is 0 Å². The van der Waals surface area contributed by atoms with E-state index in [0.29, 0.717) is 23.4 Å². The fourth-order valence-corrected chi connectivity index (χ4v) is 4.83. The van der Waals surface area contributed by atoms with Crippen LogP contribution in [0.5, 0.6) is 0 Å². The van der Waals surface area contributed by atoms with Crippen molar-refractivity contribution < 1.29 is 15.3 Å². The van der Waals surface area contributed by atoms with Gasteiger partial charge in [0.1, 0.15) is 23.8 Å². The third-order valence-corrected chi connectivity index (χ3v) is 6.76. The van der Waals surface area contributed by atoms with Crippen LogP contribution in [0.15, 0.2) is 35.5 Å². The smallest absolute Gasteiger partial charge is 0.165 e. The Balaban J connectivity index is 1.34. The van der Waals surface area contributed by atoms with E-state index in [1.54, 1.807) is 17.1 Å². The second kappa shape index (κ2) is 8.30. The zero-order valence-electron chi connectivity index (χ0n) is 16.7. The minimum atomic E-state index is -0.984. The van der Waals surface area contributed by atoms with E-state index in [2.05, 4.69) is 46.1 Å². The molecular formula is C20H24BrN7O3. The Hall–Kier alpha value is -2.34. The highest BCUT2D eigenvalue weighted by molar-refractivity contribution is 9.10. The molecule has 1 aliphatic carbocycles. The lowest BCUT2D eigenvalue weighted by molar-refractivity contribution is -0.00370. The average Bonchev–Trinajstić information content (AvgIpc) is 3.48. The molecule has 3 aromatic heterocycles. The van der Waals surface area contributed by atoms with Gasteiger partial charge in [-0.3, -0.25) is 0 Å². The van der Waals surface area contributed by atoms with E-state index >= 15 is 0 Å². The third kappa shape index (κ3) is 3.75. The first-order valence-electron chi connectivity index (χ1n) is 10.3. The molecule has 31 heavy (non-hydrogen) atoms. The Kier molecular flexibility index (Phi) is 5.51. The molecule has 0 spiro atoms. The van der Waals surface area contributed by atoms with Gasteiger partial charge < -0.3 is 30.1 Å². The van der Waals surface area contributed by atoms with E-state index in [1.807, 2.05) is 12.1 Å². The number of halogens is 1. The zero-order valence-corrected chi connectivity index (χ0v) is 18.3. The minimum absolute atomic E-state index is 0.172. The van der Waals surface area contributed by atoms with Crippen LogP contribution in [0.2, 0.25) is 0 Å². The minimum Gasteiger partial charge on any atom is -0.396 e. The van der Waals surface area contributed by atoms with Gasteiger partial charge in [0.15, 0.2) is 11.5 Å². The first kappa shape index (κ1) is 20.6. The Labute approximate surface area is 187 Å². The second-order valence-corrected chi connectivity index (χ2v) is 9.10. The highest BCUT2D eigenvalue weighted by atomic mass is 79.9. The van der Waals surface area contributed by atoms with Gasteiger partial charge in [-0.1, -0.05) is 0 Å². The normalized spacial score (nSPS) is 28.5. The highest BCUT2D eigenvalue weighted by Crippen LogP contribution is 2.37. The lowest BCUT2D eigenvalue weighted by atomic mass is 10.1. The van der Waals surface area contributed by atoms with Crippen LogP contribution in [-0.4, -0.2) is 77.8 Å². The summed E-state index contributed by atoms with van der Waals surface area (Å²) in [5.74, 6) is 1.22. The molecule has 0 radical (unpaired) electrons. The van der Waals surface area contributed by atoms with Crippen LogP contribution in [-0.2, 0) is 0 Å². The fraction of sp³-hybridized carbons (Fsp3) is 0.500. The number of aliphatic hydroxyl groups is 3. The summed E-state index contributed by atoms with van der Waals surface area (Å²) in [5, 5.41) is 33.6. The molecule has 1 saturated heterocycles. The predicted molar refractivity (Wildman–Crippen MR) is 118 cm³/mol. The Morgan fingerprint density at radius 2 is 2.00 bits per heavy atom. The Bertz CT molecular complexity index is 1060. The monoisotopic (exact) mass is 489 g/mol. The molecule has 1 saturated carbocycles.